The Kier molecular flexibility index (Phi) is 2.59. The summed E-state index contributed by atoms with van der Waals surface area (Å²) >= 11 is 1.60. The van der Waals surface area contributed by atoms with E-state index in [-0.39, 0.29) is 5.54 Å². The number of aromatic nitrogens is 3. The number of nitrogens with two attached hydrogens (primary N) is 1. The van der Waals surface area contributed by atoms with Crippen LogP contribution >= 0.6 is 11.3 Å². The van der Waals surface area contributed by atoms with Crippen LogP contribution in [0.5, 0.6) is 0 Å². The highest BCUT2D eigenvalue weighted by Crippen LogP contribution is 2.28. The Morgan fingerprint density at radius 3 is 2.56 bits per heavy atom. The molecule has 0 saturated heterocycles. The minimum atomic E-state index is -0.376. The average molecular weight is 236 g/mol. The number of rotatable bonds is 2. The van der Waals surface area contributed by atoms with Crippen LogP contribution in [-0.4, -0.2) is 14.8 Å². The third kappa shape index (κ3) is 2.01. The summed E-state index contributed by atoms with van der Waals surface area (Å²) in [4.78, 5) is 4.57. The number of aryl methyl sites for hydroxylation is 2. The first-order valence-corrected chi connectivity index (χ1v) is 6.01. The summed E-state index contributed by atoms with van der Waals surface area (Å²) in [7, 11) is 1.91. The molecule has 0 saturated carbocycles. The van der Waals surface area contributed by atoms with Crippen LogP contribution in [0.3, 0.4) is 0 Å². The monoisotopic (exact) mass is 236 g/mol. The molecule has 2 rings (SSSR count). The van der Waals surface area contributed by atoms with Gasteiger partial charge in [-0.15, -0.1) is 11.3 Å². The van der Waals surface area contributed by atoms with Gasteiger partial charge in [-0.3, -0.25) is 4.68 Å². The molecule has 0 aliphatic heterocycles. The fourth-order valence-electron chi connectivity index (χ4n) is 1.54. The smallest absolute Gasteiger partial charge is 0.113 e. The van der Waals surface area contributed by atoms with Crippen LogP contribution in [0.25, 0.3) is 11.3 Å². The standard InChI is InChI=1S/C11H16N4S/c1-7-8(5-15(4)14-7)9-6-16-10(13-9)11(2,3)12/h5-6H,12H2,1-4H3. The summed E-state index contributed by atoms with van der Waals surface area (Å²) in [6.45, 7) is 5.92. The lowest BCUT2D eigenvalue weighted by atomic mass is 10.1. The lowest BCUT2D eigenvalue weighted by molar-refractivity contribution is 0.551. The molecule has 0 amide bonds. The highest BCUT2D eigenvalue weighted by Gasteiger charge is 2.19. The fraction of sp³-hybridized carbons (Fsp3) is 0.455. The van der Waals surface area contributed by atoms with Crippen molar-refractivity contribution >= 4 is 11.3 Å². The Morgan fingerprint density at radius 1 is 1.44 bits per heavy atom. The maximum absolute atomic E-state index is 6.02. The number of thiazole rings is 1. The summed E-state index contributed by atoms with van der Waals surface area (Å²) < 4.78 is 1.80. The Hall–Kier alpha value is -1.20. The van der Waals surface area contributed by atoms with Gasteiger partial charge in [0.25, 0.3) is 0 Å². The van der Waals surface area contributed by atoms with Crippen LogP contribution in [0.2, 0.25) is 0 Å². The van der Waals surface area contributed by atoms with E-state index in [0.717, 1.165) is 22.0 Å². The maximum Gasteiger partial charge on any atom is 0.113 e. The zero-order chi connectivity index (χ0) is 11.9. The highest BCUT2D eigenvalue weighted by atomic mass is 32.1. The summed E-state index contributed by atoms with van der Waals surface area (Å²) in [6, 6.07) is 0. The summed E-state index contributed by atoms with van der Waals surface area (Å²) in [5.41, 5.74) is 8.68. The van der Waals surface area contributed by atoms with Crippen molar-refractivity contribution in [1.82, 2.24) is 14.8 Å². The minimum absolute atomic E-state index is 0.376. The van der Waals surface area contributed by atoms with Gasteiger partial charge >= 0.3 is 0 Å². The SMILES string of the molecule is Cc1nn(C)cc1-c1csc(C(C)(C)N)n1. The highest BCUT2D eigenvalue weighted by molar-refractivity contribution is 7.10. The molecule has 0 aliphatic carbocycles. The van der Waals surface area contributed by atoms with E-state index in [1.165, 1.54) is 0 Å². The van der Waals surface area contributed by atoms with E-state index >= 15 is 0 Å². The maximum atomic E-state index is 6.02. The molecular formula is C11H16N4S. The molecule has 2 aromatic rings. The molecule has 2 heterocycles. The average Bonchev–Trinajstić information content (AvgIpc) is 2.70. The first-order chi connectivity index (χ1) is 7.38. The molecule has 0 aromatic carbocycles. The molecule has 4 nitrogen and oxygen atoms in total. The predicted octanol–water partition coefficient (Wildman–Crippen LogP) is 2.05. The first-order valence-electron chi connectivity index (χ1n) is 5.13. The Labute approximate surface area is 99.1 Å². The number of hydrogen-bond acceptors (Lipinski definition) is 4. The van der Waals surface area contributed by atoms with Gasteiger partial charge in [0.15, 0.2) is 0 Å². The van der Waals surface area contributed by atoms with Gasteiger partial charge in [0.05, 0.1) is 16.9 Å². The van der Waals surface area contributed by atoms with Crippen molar-refractivity contribution in [3.63, 3.8) is 0 Å². The Bertz CT molecular complexity index is 504. The van der Waals surface area contributed by atoms with Crippen LogP contribution < -0.4 is 5.73 Å². The minimum Gasteiger partial charge on any atom is -0.320 e. The molecule has 0 bridgehead atoms. The zero-order valence-corrected chi connectivity index (χ0v) is 10.8. The van der Waals surface area contributed by atoms with Crippen molar-refractivity contribution in [3.05, 3.63) is 22.3 Å². The van der Waals surface area contributed by atoms with Crippen molar-refractivity contribution in [2.45, 2.75) is 26.3 Å². The van der Waals surface area contributed by atoms with Gasteiger partial charge in [0, 0.05) is 24.2 Å². The zero-order valence-electron chi connectivity index (χ0n) is 9.98. The summed E-state index contributed by atoms with van der Waals surface area (Å²) in [5.74, 6) is 0. The number of nitrogens with zero attached hydrogens (tertiary/aromatic N) is 3. The second-order valence-corrected chi connectivity index (χ2v) is 5.42. The van der Waals surface area contributed by atoms with E-state index in [1.54, 1.807) is 16.0 Å². The van der Waals surface area contributed by atoms with E-state index in [4.69, 9.17) is 5.73 Å². The lowest BCUT2D eigenvalue weighted by Gasteiger charge is -2.13. The van der Waals surface area contributed by atoms with Crippen LogP contribution in [0.1, 0.15) is 24.5 Å². The van der Waals surface area contributed by atoms with Crippen molar-refractivity contribution in [3.8, 4) is 11.3 Å². The lowest BCUT2D eigenvalue weighted by Crippen LogP contribution is -2.28. The molecule has 86 valence electrons. The Balaban J connectivity index is 2.43. The first kappa shape index (κ1) is 11.3. The van der Waals surface area contributed by atoms with Crippen LogP contribution in [-0.2, 0) is 12.6 Å². The molecule has 0 spiro atoms. The second kappa shape index (κ2) is 3.68. The normalized spacial score (nSPS) is 12.1. The van der Waals surface area contributed by atoms with Gasteiger partial charge < -0.3 is 5.73 Å². The van der Waals surface area contributed by atoms with E-state index in [2.05, 4.69) is 10.1 Å². The van der Waals surface area contributed by atoms with Gasteiger partial charge in [-0.05, 0) is 20.8 Å². The van der Waals surface area contributed by atoms with Crippen molar-refractivity contribution in [2.24, 2.45) is 12.8 Å². The molecule has 2 aromatic heterocycles. The van der Waals surface area contributed by atoms with Crippen LogP contribution in [0.15, 0.2) is 11.6 Å². The van der Waals surface area contributed by atoms with E-state index in [9.17, 15) is 0 Å². The third-order valence-electron chi connectivity index (χ3n) is 2.34. The molecule has 0 unspecified atom stereocenters. The van der Waals surface area contributed by atoms with Crippen LogP contribution in [0.4, 0.5) is 0 Å². The summed E-state index contributed by atoms with van der Waals surface area (Å²) in [6.07, 6.45) is 1.98. The number of hydrogen-bond donors (Lipinski definition) is 1. The van der Waals surface area contributed by atoms with Gasteiger partial charge in [-0.2, -0.15) is 5.10 Å². The second-order valence-electron chi connectivity index (χ2n) is 4.56. The van der Waals surface area contributed by atoms with Crippen molar-refractivity contribution in [1.29, 1.82) is 0 Å². The van der Waals surface area contributed by atoms with Crippen molar-refractivity contribution in [2.75, 3.05) is 0 Å². The van der Waals surface area contributed by atoms with E-state index in [0.29, 0.717) is 0 Å². The summed E-state index contributed by atoms with van der Waals surface area (Å²) in [5, 5.41) is 7.29. The molecule has 0 radical (unpaired) electrons. The quantitative estimate of drug-likeness (QED) is 0.868. The van der Waals surface area contributed by atoms with Gasteiger partial charge in [0.1, 0.15) is 5.01 Å². The van der Waals surface area contributed by atoms with Crippen molar-refractivity contribution < 1.29 is 0 Å². The predicted molar refractivity (Wildman–Crippen MR) is 66.3 cm³/mol. The topological polar surface area (TPSA) is 56.7 Å². The van der Waals surface area contributed by atoms with Gasteiger partial charge in [-0.25, -0.2) is 4.98 Å². The Morgan fingerprint density at radius 2 is 2.12 bits per heavy atom. The van der Waals surface area contributed by atoms with Crippen LogP contribution in [0, 0.1) is 6.92 Å². The van der Waals surface area contributed by atoms with E-state index in [1.807, 2.05) is 39.4 Å². The third-order valence-corrected chi connectivity index (χ3v) is 3.53. The molecule has 5 heteroatoms. The molecule has 2 N–H and O–H groups in total. The molecular weight excluding hydrogens is 220 g/mol. The molecule has 0 atom stereocenters. The van der Waals surface area contributed by atoms with E-state index < -0.39 is 0 Å². The van der Waals surface area contributed by atoms with Gasteiger partial charge in [-0.1, -0.05) is 0 Å². The fourth-order valence-corrected chi connectivity index (χ4v) is 2.40. The molecule has 16 heavy (non-hydrogen) atoms. The van der Waals surface area contributed by atoms with Gasteiger partial charge in [0.2, 0.25) is 0 Å². The largest absolute Gasteiger partial charge is 0.320 e. The molecule has 0 fully saturated rings. The molecule has 0 aliphatic rings.